The number of para-hydroxylation sites is 2. The first-order chi connectivity index (χ1) is 25.8. The molecule has 0 spiro atoms. The van der Waals surface area contributed by atoms with Gasteiger partial charge in [0, 0.05) is 5.46 Å². The SMILES string of the molecule is c1ccc2c(c1)Oc1cc(-c3cccc4c3Cc3c(-c5ccc6c7ccccc7c7ccccc7c6c5)cccc3-4)cc3c1B2c1ccccc1O3. The topological polar surface area (TPSA) is 18.5 Å². The number of fused-ring (bicyclic) bond motifs is 13. The summed E-state index contributed by atoms with van der Waals surface area (Å²) in [5.41, 5.74) is 13.7. The van der Waals surface area contributed by atoms with Crippen molar-refractivity contribution >= 4 is 55.4 Å². The van der Waals surface area contributed by atoms with Gasteiger partial charge in [0.1, 0.15) is 23.0 Å². The van der Waals surface area contributed by atoms with E-state index in [2.05, 4.69) is 164 Å². The van der Waals surface area contributed by atoms with E-state index in [1.807, 2.05) is 0 Å². The molecular formula is C49H29BO2. The van der Waals surface area contributed by atoms with Gasteiger partial charge in [0.2, 0.25) is 0 Å². The third-order valence-electron chi connectivity index (χ3n) is 11.7. The van der Waals surface area contributed by atoms with Crippen LogP contribution in [0.1, 0.15) is 11.1 Å². The van der Waals surface area contributed by atoms with Gasteiger partial charge in [-0.15, -0.1) is 0 Å². The van der Waals surface area contributed by atoms with E-state index >= 15 is 0 Å². The van der Waals surface area contributed by atoms with Crippen molar-refractivity contribution in [1.29, 1.82) is 0 Å². The molecule has 0 atom stereocenters. The Kier molecular flexibility index (Phi) is 5.67. The maximum absolute atomic E-state index is 6.67. The van der Waals surface area contributed by atoms with E-state index in [-0.39, 0.29) is 6.71 Å². The van der Waals surface area contributed by atoms with E-state index in [0.717, 1.165) is 40.4 Å². The van der Waals surface area contributed by atoms with Gasteiger partial charge < -0.3 is 9.47 Å². The fraction of sp³-hybridized carbons (Fsp3) is 0.0204. The Hall–Kier alpha value is -6.58. The van der Waals surface area contributed by atoms with Gasteiger partial charge in [-0.2, -0.15) is 0 Å². The van der Waals surface area contributed by atoms with Crippen LogP contribution in [0.5, 0.6) is 23.0 Å². The Bertz CT molecular complexity index is 2910. The maximum Gasteiger partial charge on any atom is 0.260 e. The van der Waals surface area contributed by atoms with Crippen LogP contribution in [-0.2, 0) is 6.42 Å². The van der Waals surface area contributed by atoms with Gasteiger partial charge in [0.15, 0.2) is 0 Å². The van der Waals surface area contributed by atoms with Crippen molar-refractivity contribution in [2.45, 2.75) is 6.42 Å². The van der Waals surface area contributed by atoms with Crippen LogP contribution in [0, 0.1) is 0 Å². The molecule has 0 N–H and O–H groups in total. The Morgan fingerprint density at radius 2 is 0.808 bits per heavy atom. The zero-order valence-electron chi connectivity index (χ0n) is 28.2. The Morgan fingerprint density at radius 3 is 1.38 bits per heavy atom. The summed E-state index contributed by atoms with van der Waals surface area (Å²) >= 11 is 0. The molecule has 0 bridgehead atoms. The van der Waals surface area contributed by atoms with E-state index in [1.54, 1.807) is 0 Å². The minimum absolute atomic E-state index is 0.0688. The zero-order chi connectivity index (χ0) is 33.9. The Labute approximate surface area is 301 Å². The van der Waals surface area contributed by atoms with Crippen LogP contribution in [0.3, 0.4) is 0 Å². The lowest BCUT2D eigenvalue weighted by molar-refractivity contribution is 0.465. The molecule has 0 saturated carbocycles. The first kappa shape index (κ1) is 28.2. The molecule has 9 aromatic carbocycles. The second-order valence-corrected chi connectivity index (χ2v) is 14.3. The summed E-state index contributed by atoms with van der Waals surface area (Å²) in [6.07, 6.45) is 0.857. The number of hydrogen-bond donors (Lipinski definition) is 0. The lowest BCUT2D eigenvalue weighted by Gasteiger charge is -2.33. The lowest BCUT2D eigenvalue weighted by Crippen LogP contribution is -2.57. The molecule has 3 aliphatic rings. The Balaban J connectivity index is 1.00. The highest BCUT2D eigenvalue weighted by molar-refractivity contribution is 6.98. The van der Waals surface area contributed by atoms with Gasteiger partial charge in [0.05, 0.1) is 0 Å². The van der Waals surface area contributed by atoms with Gasteiger partial charge >= 0.3 is 0 Å². The molecule has 52 heavy (non-hydrogen) atoms. The molecule has 2 nitrogen and oxygen atoms in total. The lowest BCUT2D eigenvalue weighted by atomic mass is 9.35. The van der Waals surface area contributed by atoms with Crippen LogP contribution in [0.4, 0.5) is 0 Å². The van der Waals surface area contributed by atoms with E-state index in [0.29, 0.717) is 0 Å². The van der Waals surface area contributed by atoms with Crippen LogP contribution in [0.25, 0.3) is 65.7 Å². The van der Waals surface area contributed by atoms with E-state index in [1.165, 1.54) is 82.2 Å². The minimum Gasteiger partial charge on any atom is -0.458 e. The molecule has 0 aromatic heterocycles. The molecule has 0 radical (unpaired) electrons. The van der Waals surface area contributed by atoms with Crippen LogP contribution in [0.15, 0.2) is 164 Å². The predicted molar refractivity (Wildman–Crippen MR) is 216 cm³/mol. The van der Waals surface area contributed by atoms with E-state index in [9.17, 15) is 0 Å². The largest absolute Gasteiger partial charge is 0.458 e. The molecule has 2 aliphatic heterocycles. The molecule has 0 saturated heterocycles. The third-order valence-corrected chi connectivity index (χ3v) is 11.7. The first-order valence-electron chi connectivity index (χ1n) is 18.1. The predicted octanol–water partition coefficient (Wildman–Crippen LogP) is 10.8. The molecule has 0 unspecified atom stereocenters. The first-order valence-corrected chi connectivity index (χ1v) is 18.1. The molecular weight excluding hydrogens is 631 g/mol. The van der Waals surface area contributed by atoms with Crippen LogP contribution < -0.4 is 25.9 Å². The summed E-state index contributed by atoms with van der Waals surface area (Å²) in [5, 5.41) is 7.79. The van der Waals surface area contributed by atoms with Crippen molar-refractivity contribution in [3.63, 3.8) is 0 Å². The average molecular weight is 661 g/mol. The molecule has 12 rings (SSSR count). The summed E-state index contributed by atoms with van der Waals surface area (Å²) in [7, 11) is 0. The molecule has 240 valence electrons. The molecule has 0 amide bonds. The standard InChI is InChI=1S/C49H29BO2/c1-2-13-35-33(11-1)34-12-3-4-14-36(34)40-25-29(23-24-39(35)40)31-15-9-17-37-38-18-10-16-32(42(38)28-41(31)37)30-26-47-49-48(27-30)52-46-22-8-6-20-44(46)50(49)43-19-5-7-21-45(43)51-47/h1-27H,28H2. The minimum atomic E-state index is 0.0688. The maximum atomic E-state index is 6.67. The highest BCUT2D eigenvalue weighted by Gasteiger charge is 2.40. The molecule has 3 heteroatoms. The quantitative estimate of drug-likeness (QED) is 0.136. The van der Waals surface area contributed by atoms with Crippen LogP contribution in [-0.4, -0.2) is 6.71 Å². The molecule has 9 aromatic rings. The van der Waals surface area contributed by atoms with Gasteiger partial charge in [-0.25, -0.2) is 0 Å². The molecule has 2 heterocycles. The molecule has 0 fully saturated rings. The number of hydrogen-bond acceptors (Lipinski definition) is 2. The van der Waals surface area contributed by atoms with Crippen molar-refractivity contribution in [1.82, 2.24) is 0 Å². The Morgan fingerprint density at radius 1 is 0.346 bits per heavy atom. The van der Waals surface area contributed by atoms with Gasteiger partial charge in [0.25, 0.3) is 6.71 Å². The zero-order valence-corrected chi connectivity index (χ0v) is 28.2. The number of benzene rings is 9. The fourth-order valence-electron chi connectivity index (χ4n) is 9.40. The summed E-state index contributed by atoms with van der Waals surface area (Å²) in [6, 6.07) is 59.5. The van der Waals surface area contributed by atoms with Crippen molar-refractivity contribution in [2.24, 2.45) is 0 Å². The summed E-state index contributed by atoms with van der Waals surface area (Å²) in [6.45, 7) is 0.0688. The van der Waals surface area contributed by atoms with Gasteiger partial charge in [-0.3, -0.25) is 0 Å². The third kappa shape index (κ3) is 3.85. The van der Waals surface area contributed by atoms with Gasteiger partial charge in [-0.1, -0.05) is 133 Å². The highest BCUT2D eigenvalue weighted by atomic mass is 16.5. The summed E-state index contributed by atoms with van der Waals surface area (Å²) in [4.78, 5) is 0. The normalized spacial score (nSPS) is 13.2. The second kappa shape index (κ2) is 10.5. The van der Waals surface area contributed by atoms with Crippen molar-refractivity contribution in [3.8, 4) is 56.4 Å². The molecule has 1 aliphatic carbocycles. The number of rotatable bonds is 2. The van der Waals surface area contributed by atoms with E-state index < -0.39 is 0 Å². The highest BCUT2D eigenvalue weighted by Crippen LogP contribution is 2.47. The van der Waals surface area contributed by atoms with Gasteiger partial charge in [-0.05, 0) is 125 Å². The van der Waals surface area contributed by atoms with Crippen molar-refractivity contribution in [3.05, 3.63) is 175 Å². The van der Waals surface area contributed by atoms with Crippen molar-refractivity contribution in [2.75, 3.05) is 0 Å². The monoisotopic (exact) mass is 660 g/mol. The summed E-state index contributed by atoms with van der Waals surface area (Å²) in [5.74, 6) is 3.56. The van der Waals surface area contributed by atoms with Crippen molar-refractivity contribution < 1.29 is 9.47 Å². The summed E-state index contributed by atoms with van der Waals surface area (Å²) < 4.78 is 13.3. The second-order valence-electron chi connectivity index (χ2n) is 14.3. The number of ether oxygens (including phenoxy) is 2. The van der Waals surface area contributed by atoms with Crippen LogP contribution >= 0.6 is 0 Å². The van der Waals surface area contributed by atoms with Crippen LogP contribution in [0.2, 0.25) is 0 Å². The fourth-order valence-corrected chi connectivity index (χ4v) is 9.40. The van der Waals surface area contributed by atoms with E-state index in [4.69, 9.17) is 9.47 Å². The smallest absolute Gasteiger partial charge is 0.260 e. The average Bonchev–Trinajstić information content (AvgIpc) is 3.60.